The van der Waals surface area contributed by atoms with E-state index in [-0.39, 0.29) is 18.4 Å². The van der Waals surface area contributed by atoms with Crippen LogP contribution >= 0.6 is 0 Å². The van der Waals surface area contributed by atoms with Gasteiger partial charge < -0.3 is 20.6 Å². The van der Waals surface area contributed by atoms with Gasteiger partial charge in [-0.25, -0.2) is 9.59 Å². The molecule has 0 radical (unpaired) electrons. The highest BCUT2D eigenvalue weighted by atomic mass is 16.4. The minimum absolute atomic E-state index is 0.209. The summed E-state index contributed by atoms with van der Waals surface area (Å²) in [5.74, 6) is -1.48. The van der Waals surface area contributed by atoms with Gasteiger partial charge in [0, 0.05) is 23.5 Å². The molecule has 1 heterocycles. The number of hydrogen-bond acceptors (Lipinski definition) is 4. The maximum Gasteiger partial charge on any atom is 0.326 e. The molecule has 1 unspecified atom stereocenters. The molecular formula is C27H24N4O4. The maximum absolute atomic E-state index is 12.8. The molecule has 1 aliphatic rings. The Kier molecular flexibility index (Phi) is 6.51. The van der Waals surface area contributed by atoms with Gasteiger partial charge in [-0.1, -0.05) is 32.0 Å². The molecule has 3 amide bonds. The number of urea groups is 1. The fraction of sp³-hybridized carbons (Fsp3) is 0.185. The molecular weight excluding hydrogens is 444 g/mol. The monoisotopic (exact) mass is 468 g/mol. The quantitative estimate of drug-likeness (QED) is 0.473. The molecule has 1 atom stereocenters. The highest BCUT2D eigenvalue weighted by Gasteiger charge is 2.38. The van der Waals surface area contributed by atoms with Gasteiger partial charge in [-0.3, -0.25) is 4.79 Å². The van der Waals surface area contributed by atoms with Gasteiger partial charge >= 0.3 is 12.0 Å². The second-order valence-electron chi connectivity index (χ2n) is 8.68. The van der Waals surface area contributed by atoms with E-state index in [0.29, 0.717) is 22.5 Å². The largest absolute Gasteiger partial charge is 0.480 e. The topological polar surface area (TPSA) is 123 Å². The Labute approximate surface area is 202 Å². The fourth-order valence-corrected chi connectivity index (χ4v) is 4.19. The molecule has 0 aliphatic carbocycles. The molecule has 8 nitrogen and oxygen atoms in total. The number of aliphatic carboxylic acids is 1. The number of amides is 3. The summed E-state index contributed by atoms with van der Waals surface area (Å²) in [7, 11) is 0. The van der Waals surface area contributed by atoms with E-state index in [9.17, 15) is 19.5 Å². The van der Waals surface area contributed by atoms with E-state index >= 15 is 0 Å². The summed E-state index contributed by atoms with van der Waals surface area (Å²) in [4.78, 5) is 38.2. The molecule has 0 aromatic heterocycles. The number of carboxylic acids is 1. The minimum atomic E-state index is -1.01. The Morgan fingerprint density at radius 2 is 1.51 bits per heavy atom. The Bertz CT molecular complexity index is 1320. The maximum atomic E-state index is 12.8. The van der Waals surface area contributed by atoms with E-state index in [2.05, 4.69) is 10.6 Å². The number of carboxylic acid groups (broad SMARTS) is 1. The van der Waals surface area contributed by atoms with Gasteiger partial charge in [0.1, 0.15) is 6.04 Å². The van der Waals surface area contributed by atoms with Crippen LogP contribution in [-0.4, -0.2) is 34.0 Å². The number of anilines is 2. The summed E-state index contributed by atoms with van der Waals surface area (Å²) >= 11 is 0. The standard InChI is InChI=1S/C27H24N4O4/c1-16(2)24(26(33)34)31-15-20-13-19(7-12-23(20)25(31)32)18-5-10-22(11-6-18)30-27(35)29-21-8-3-17(14-28)4-9-21/h3-13,16,24H,15H2,1-2H3,(H,33,34)(H2,29,30,35). The zero-order chi connectivity index (χ0) is 25.1. The fourth-order valence-electron chi connectivity index (χ4n) is 4.19. The van der Waals surface area contributed by atoms with E-state index in [4.69, 9.17) is 5.26 Å². The first-order valence-corrected chi connectivity index (χ1v) is 11.1. The van der Waals surface area contributed by atoms with Crippen molar-refractivity contribution in [3.8, 4) is 17.2 Å². The van der Waals surface area contributed by atoms with Gasteiger partial charge in [0.05, 0.1) is 11.6 Å². The molecule has 8 heteroatoms. The Hall–Kier alpha value is -4.64. The number of rotatable bonds is 6. The first-order chi connectivity index (χ1) is 16.8. The number of benzene rings is 3. The zero-order valence-electron chi connectivity index (χ0n) is 19.3. The first kappa shape index (κ1) is 23.5. The zero-order valence-corrected chi connectivity index (χ0v) is 19.3. The molecule has 0 fully saturated rings. The second-order valence-corrected chi connectivity index (χ2v) is 8.68. The van der Waals surface area contributed by atoms with Crippen molar-refractivity contribution in [3.05, 3.63) is 83.4 Å². The molecule has 0 bridgehead atoms. The van der Waals surface area contributed by atoms with Crippen LogP contribution in [0.3, 0.4) is 0 Å². The van der Waals surface area contributed by atoms with E-state index in [1.54, 1.807) is 56.3 Å². The minimum Gasteiger partial charge on any atom is -0.480 e. The van der Waals surface area contributed by atoms with Crippen LogP contribution in [0.5, 0.6) is 0 Å². The molecule has 0 spiro atoms. The first-order valence-electron chi connectivity index (χ1n) is 11.1. The highest BCUT2D eigenvalue weighted by Crippen LogP contribution is 2.31. The smallest absolute Gasteiger partial charge is 0.326 e. The molecule has 3 aromatic carbocycles. The van der Waals surface area contributed by atoms with Crippen molar-refractivity contribution >= 4 is 29.3 Å². The van der Waals surface area contributed by atoms with Gasteiger partial charge in [0.25, 0.3) is 5.91 Å². The third-order valence-electron chi connectivity index (χ3n) is 5.91. The van der Waals surface area contributed by atoms with Crippen molar-refractivity contribution < 1.29 is 19.5 Å². The van der Waals surface area contributed by atoms with Gasteiger partial charge in [-0.15, -0.1) is 0 Å². The molecule has 3 N–H and O–H groups in total. The van der Waals surface area contributed by atoms with E-state index < -0.39 is 18.0 Å². The van der Waals surface area contributed by atoms with Crippen LogP contribution < -0.4 is 10.6 Å². The molecule has 0 saturated heterocycles. The van der Waals surface area contributed by atoms with E-state index in [1.165, 1.54) is 4.90 Å². The van der Waals surface area contributed by atoms with Crippen LogP contribution in [0.1, 0.15) is 35.3 Å². The number of carbonyl (C=O) groups excluding carboxylic acids is 2. The van der Waals surface area contributed by atoms with E-state index in [1.807, 2.05) is 30.3 Å². The summed E-state index contributed by atoms with van der Waals surface area (Å²) in [5.41, 5.74) is 4.79. The van der Waals surface area contributed by atoms with Crippen LogP contribution in [0.4, 0.5) is 16.2 Å². The average molecular weight is 469 g/mol. The summed E-state index contributed by atoms with van der Waals surface area (Å²) in [6.07, 6.45) is 0. The summed E-state index contributed by atoms with van der Waals surface area (Å²) < 4.78 is 0. The van der Waals surface area contributed by atoms with Gasteiger partial charge in [0.15, 0.2) is 0 Å². The molecule has 35 heavy (non-hydrogen) atoms. The van der Waals surface area contributed by atoms with Crippen LogP contribution in [0.25, 0.3) is 11.1 Å². The lowest BCUT2D eigenvalue weighted by molar-refractivity contribution is -0.144. The number of nitrogens with one attached hydrogen (secondary N) is 2. The van der Waals surface area contributed by atoms with Gasteiger partial charge in [0.2, 0.25) is 0 Å². The average Bonchev–Trinajstić information content (AvgIpc) is 3.14. The van der Waals surface area contributed by atoms with Crippen LogP contribution in [0.15, 0.2) is 66.7 Å². The van der Waals surface area contributed by atoms with Gasteiger partial charge in [-0.05, 0) is 71.1 Å². The lowest BCUT2D eigenvalue weighted by atomic mass is 10.0. The van der Waals surface area contributed by atoms with Crippen molar-refractivity contribution in [2.45, 2.75) is 26.4 Å². The normalized spacial score (nSPS) is 13.2. The highest BCUT2D eigenvalue weighted by molar-refractivity contribution is 6.01. The lowest BCUT2D eigenvalue weighted by Gasteiger charge is -2.27. The summed E-state index contributed by atoms with van der Waals surface area (Å²) in [5, 5.41) is 23.9. The number of hydrogen-bond donors (Lipinski definition) is 3. The predicted octanol–water partition coefficient (Wildman–Crippen LogP) is 4.93. The molecule has 3 aromatic rings. The van der Waals surface area contributed by atoms with Gasteiger partial charge in [-0.2, -0.15) is 5.26 Å². The second kappa shape index (κ2) is 9.69. The molecule has 1 aliphatic heterocycles. The number of fused-ring (bicyclic) bond motifs is 1. The van der Waals surface area contributed by atoms with Crippen LogP contribution in [-0.2, 0) is 11.3 Å². The van der Waals surface area contributed by atoms with Crippen LogP contribution in [0.2, 0.25) is 0 Å². The third kappa shape index (κ3) is 4.99. The lowest BCUT2D eigenvalue weighted by Crippen LogP contribution is -2.44. The van der Waals surface area contributed by atoms with Crippen molar-refractivity contribution in [1.82, 2.24) is 4.90 Å². The van der Waals surface area contributed by atoms with Crippen molar-refractivity contribution in [2.24, 2.45) is 5.92 Å². The van der Waals surface area contributed by atoms with Crippen LogP contribution in [0, 0.1) is 17.2 Å². The SMILES string of the molecule is CC(C)C(C(=O)O)N1Cc2cc(-c3ccc(NC(=O)Nc4ccc(C#N)cc4)cc3)ccc2C1=O. The summed E-state index contributed by atoms with van der Waals surface area (Å²) in [6, 6.07) is 20.1. The predicted molar refractivity (Wildman–Crippen MR) is 132 cm³/mol. The molecule has 176 valence electrons. The Balaban J connectivity index is 1.44. The van der Waals surface area contributed by atoms with Crippen molar-refractivity contribution in [2.75, 3.05) is 10.6 Å². The number of carbonyl (C=O) groups is 3. The number of nitriles is 1. The third-order valence-corrected chi connectivity index (χ3v) is 5.91. The summed E-state index contributed by atoms with van der Waals surface area (Å²) in [6.45, 7) is 3.84. The van der Waals surface area contributed by atoms with E-state index in [0.717, 1.165) is 16.7 Å². The van der Waals surface area contributed by atoms with Crippen molar-refractivity contribution in [3.63, 3.8) is 0 Å². The number of nitrogens with zero attached hydrogens (tertiary/aromatic N) is 2. The molecule has 0 saturated carbocycles. The Morgan fingerprint density at radius 1 is 0.943 bits per heavy atom. The molecule has 4 rings (SSSR count). The van der Waals surface area contributed by atoms with Crippen molar-refractivity contribution in [1.29, 1.82) is 5.26 Å². The Morgan fingerprint density at radius 3 is 2.06 bits per heavy atom.